The molecule has 0 aliphatic carbocycles. The molecule has 114 valence electrons. The Labute approximate surface area is 124 Å². The molecule has 20 heavy (non-hydrogen) atoms. The van der Waals surface area contributed by atoms with Crippen molar-refractivity contribution < 1.29 is 13.2 Å². The van der Waals surface area contributed by atoms with Crippen LogP contribution in [0.3, 0.4) is 0 Å². The van der Waals surface area contributed by atoms with Gasteiger partial charge in [0.05, 0.1) is 0 Å². The van der Waals surface area contributed by atoms with Gasteiger partial charge in [-0.1, -0.05) is 0 Å². The lowest BCUT2D eigenvalue weighted by Gasteiger charge is -2.27. The molecule has 2 rings (SSSR count). The number of sulfonamides is 1. The van der Waals surface area contributed by atoms with Crippen molar-refractivity contribution in [3.8, 4) is 0 Å². The maximum Gasteiger partial charge on any atom is 0.250 e. The summed E-state index contributed by atoms with van der Waals surface area (Å²) in [6, 6.07) is 1.62. The van der Waals surface area contributed by atoms with Gasteiger partial charge in [-0.05, 0) is 44.2 Å². The van der Waals surface area contributed by atoms with Gasteiger partial charge in [0.15, 0.2) is 0 Å². The second-order valence-corrected chi connectivity index (χ2v) is 8.31. The van der Waals surface area contributed by atoms with Gasteiger partial charge in [0, 0.05) is 30.7 Å². The molecule has 0 saturated carbocycles. The molecular weight excluding hydrogens is 296 g/mol. The average molecular weight is 318 g/mol. The highest BCUT2D eigenvalue weighted by Crippen LogP contribution is 2.27. The van der Waals surface area contributed by atoms with Gasteiger partial charge in [-0.3, -0.25) is 0 Å². The second kappa shape index (κ2) is 6.53. The monoisotopic (exact) mass is 318 g/mol. The van der Waals surface area contributed by atoms with Crippen LogP contribution in [-0.2, 0) is 21.3 Å². The van der Waals surface area contributed by atoms with E-state index in [1.54, 1.807) is 6.07 Å². The number of hydrogen-bond acceptors (Lipinski definition) is 5. The Bertz CT molecular complexity index is 548. The summed E-state index contributed by atoms with van der Waals surface area (Å²) >= 11 is 1.25. The lowest BCUT2D eigenvalue weighted by molar-refractivity contribution is 0.0586. The maximum atomic E-state index is 12.4. The number of hydrogen-bond donors (Lipinski definition) is 2. The first-order valence-corrected chi connectivity index (χ1v) is 9.13. The van der Waals surface area contributed by atoms with Gasteiger partial charge in [0.2, 0.25) is 10.0 Å². The molecule has 0 spiro atoms. The van der Waals surface area contributed by atoms with Gasteiger partial charge in [-0.25, -0.2) is 13.1 Å². The zero-order chi connectivity index (χ0) is 14.8. The normalized spacial score (nSPS) is 19.1. The molecule has 1 fully saturated rings. The zero-order valence-corrected chi connectivity index (χ0v) is 13.5. The third kappa shape index (κ3) is 3.59. The van der Waals surface area contributed by atoms with Crippen LogP contribution in [-0.4, -0.2) is 27.7 Å². The molecule has 1 saturated heterocycles. The highest BCUT2D eigenvalue weighted by molar-refractivity contribution is 7.91. The fraction of sp³-hybridized carbons (Fsp3) is 0.692. The molecule has 0 radical (unpaired) electrons. The van der Waals surface area contributed by atoms with E-state index in [1.807, 2.05) is 13.8 Å². The molecule has 1 atom stereocenters. The first-order chi connectivity index (χ1) is 9.44. The second-order valence-electron chi connectivity index (χ2n) is 5.24. The number of ether oxygens (including phenoxy) is 1. The van der Waals surface area contributed by atoms with Crippen LogP contribution in [0.2, 0.25) is 0 Å². The third-order valence-electron chi connectivity index (χ3n) is 3.76. The average Bonchev–Trinajstić information content (AvgIpc) is 2.81. The Balaban J connectivity index is 2.09. The number of thiophene rings is 1. The van der Waals surface area contributed by atoms with E-state index in [0.717, 1.165) is 23.3 Å². The van der Waals surface area contributed by atoms with E-state index < -0.39 is 10.0 Å². The van der Waals surface area contributed by atoms with Crippen LogP contribution in [0.15, 0.2) is 10.3 Å². The lowest BCUT2D eigenvalue weighted by Crippen LogP contribution is -2.40. The van der Waals surface area contributed by atoms with E-state index in [-0.39, 0.29) is 6.04 Å². The van der Waals surface area contributed by atoms with Crippen LogP contribution in [0.4, 0.5) is 0 Å². The largest absolute Gasteiger partial charge is 0.381 e. The molecular formula is C13H22N2O3S2. The van der Waals surface area contributed by atoms with E-state index in [1.165, 1.54) is 11.3 Å². The molecule has 1 aliphatic rings. The molecule has 7 heteroatoms. The minimum Gasteiger partial charge on any atom is -0.381 e. The van der Waals surface area contributed by atoms with Crippen LogP contribution in [0, 0.1) is 12.8 Å². The Hall–Kier alpha value is -0.470. The van der Waals surface area contributed by atoms with Gasteiger partial charge >= 0.3 is 0 Å². The van der Waals surface area contributed by atoms with Crippen molar-refractivity contribution in [2.24, 2.45) is 11.7 Å². The number of nitrogens with one attached hydrogen (secondary N) is 1. The zero-order valence-electron chi connectivity index (χ0n) is 11.9. The van der Waals surface area contributed by atoms with Crippen molar-refractivity contribution >= 4 is 21.4 Å². The number of aryl methyl sites for hydroxylation is 1. The summed E-state index contributed by atoms with van der Waals surface area (Å²) in [5.74, 6) is 0.341. The molecule has 1 aromatic rings. The lowest BCUT2D eigenvalue weighted by atomic mass is 9.94. The first-order valence-electron chi connectivity index (χ1n) is 6.83. The van der Waals surface area contributed by atoms with Crippen molar-refractivity contribution in [2.75, 3.05) is 13.2 Å². The van der Waals surface area contributed by atoms with E-state index in [9.17, 15) is 8.42 Å². The molecule has 1 aromatic heterocycles. The molecule has 0 amide bonds. The Morgan fingerprint density at radius 1 is 1.50 bits per heavy atom. The topological polar surface area (TPSA) is 81.4 Å². The highest BCUT2D eigenvalue weighted by Gasteiger charge is 2.26. The fourth-order valence-electron chi connectivity index (χ4n) is 2.44. The van der Waals surface area contributed by atoms with Gasteiger partial charge in [-0.2, -0.15) is 0 Å². The molecule has 0 bridgehead atoms. The number of rotatable bonds is 5. The molecule has 5 nitrogen and oxygen atoms in total. The summed E-state index contributed by atoms with van der Waals surface area (Å²) < 4.78 is 33.2. The van der Waals surface area contributed by atoms with Crippen molar-refractivity contribution in [1.29, 1.82) is 0 Å². The fourth-order valence-corrected chi connectivity index (χ4v) is 5.24. The van der Waals surface area contributed by atoms with Gasteiger partial charge in [0.1, 0.15) is 4.21 Å². The summed E-state index contributed by atoms with van der Waals surface area (Å²) in [6.07, 6.45) is 1.81. The van der Waals surface area contributed by atoms with Crippen LogP contribution in [0.25, 0.3) is 0 Å². The quantitative estimate of drug-likeness (QED) is 0.864. The van der Waals surface area contributed by atoms with E-state index in [4.69, 9.17) is 10.5 Å². The summed E-state index contributed by atoms with van der Waals surface area (Å²) in [5.41, 5.74) is 6.55. The Morgan fingerprint density at radius 2 is 2.15 bits per heavy atom. The molecule has 2 heterocycles. The Morgan fingerprint density at radius 3 is 2.70 bits per heavy atom. The molecule has 1 aliphatic heterocycles. The molecule has 1 unspecified atom stereocenters. The van der Waals surface area contributed by atoms with E-state index in [0.29, 0.717) is 29.9 Å². The van der Waals surface area contributed by atoms with E-state index >= 15 is 0 Å². The van der Waals surface area contributed by atoms with Crippen molar-refractivity contribution in [3.05, 3.63) is 16.5 Å². The van der Waals surface area contributed by atoms with Crippen LogP contribution in [0.5, 0.6) is 0 Å². The van der Waals surface area contributed by atoms with Crippen molar-refractivity contribution in [1.82, 2.24) is 4.72 Å². The smallest absolute Gasteiger partial charge is 0.250 e. The first kappa shape index (κ1) is 15.9. The van der Waals surface area contributed by atoms with Gasteiger partial charge in [-0.15, -0.1) is 11.3 Å². The summed E-state index contributed by atoms with van der Waals surface area (Å²) in [5, 5.41) is 0. The summed E-state index contributed by atoms with van der Waals surface area (Å²) in [6.45, 7) is 5.62. The minimum atomic E-state index is -3.45. The van der Waals surface area contributed by atoms with Gasteiger partial charge < -0.3 is 10.5 Å². The predicted octanol–water partition coefficient (Wildman–Crippen LogP) is 1.61. The van der Waals surface area contributed by atoms with Crippen molar-refractivity contribution in [2.45, 2.75) is 43.5 Å². The predicted molar refractivity (Wildman–Crippen MR) is 80.3 cm³/mol. The summed E-state index contributed by atoms with van der Waals surface area (Å²) in [4.78, 5) is 0.920. The van der Waals surface area contributed by atoms with E-state index in [2.05, 4.69) is 4.72 Å². The number of nitrogens with two attached hydrogens (primary N) is 1. The maximum absolute atomic E-state index is 12.4. The SMILES string of the molecule is Cc1cc(S(=O)(=O)NC(C)C2CCOCC2)sc1CN. The van der Waals surface area contributed by atoms with Gasteiger partial charge in [0.25, 0.3) is 0 Å². The minimum absolute atomic E-state index is 0.0763. The third-order valence-corrected chi connectivity index (χ3v) is 7.05. The van der Waals surface area contributed by atoms with Crippen molar-refractivity contribution in [3.63, 3.8) is 0 Å². The van der Waals surface area contributed by atoms with Crippen LogP contribution < -0.4 is 10.5 Å². The highest BCUT2D eigenvalue weighted by atomic mass is 32.2. The molecule has 3 N–H and O–H groups in total. The Kier molecular flexibility index (Phi) is 5.19. The molecule has 0 aromatic carbocycles. The van der Waals surface area contributed by atoms with Crippen LogP contribution >= 0.6 is 11.3 Å². The standard InChI is InChI=1S/C13H22N2O3S2/c1-9-7-13(19-12(9)8-14)20(16,17)15-10(2)11-3-5-18-6-4-11/h7,10-11,15H,3-6,8,14H2,1-2H3. The summed E-state index contributed by atoms with van der Waals surface area (Å²) in [7, 11) is -3.45. The van der Waals surface area contributed by atoms with Crippen LogP contribution in [0.1, 0.15) is 30.2 Å².